The van der Waals surface area contributed by atoms with Crippen molar-refractivity contribution >= 4 is 23.2 Å². The van der Waals surface area contributed by atoms with Gasteiger partial charge in [0.05, 0.1) is 24.5 Å². The molecule has 0 aliphatic heterocycles. The Bertz CT molecular complexity index is 633. The van der Waals surface area contributed by atoms with Gasteiger partial charge in [-0.1, -0.05) is 17.5 Å². The van der Waals surface area contributed by atoms with Crippen molar-refractivity contribution in [3.8, 4) is 18.0 Å². The summed E-state index contributed by atoms with van der Waals surface area (Å²) < 4.78 is 1.54. The predicted molar refractivity (Wildman–Crippen MR) is 76.7 cm³/mol. The number of amides is 1. The highest BCUT2D eigenvalue weighted by Gasteiger charge is 2.09. The number of nitrogens with zero attached hydrogens (tertiary/aromatic N) is 3. The summed E-state index contributed by atoms with van der Waals surface area (Å²) in [6, 6.07) is 5.12. The van der Waals surface area contributed by atoms with Crippen molar-refractivity contribution in [2.24, 2.45) is 0 Å². The lowest BCUT2D eigenvalue weighted by atomic mass is 10.2. The molecular formula is C13H12ClN5O. The monoisotopic (exact) mass is 289 g/mol. The molecule has 0 unspecified atom stereocenters. The Kier molecular flexibility index (Phi) is 4.71. The van der Waals surface area contributed by atoms with Gasteiger partial charge in [0.2, 0.25) is 5.91 Å². The van der Waals surface area contributed by atoms with E-state index in [4.69, 9.17) is 18.0 Å². The molecule has 0 spiro atoms. The largest absolute Gasteiger partial charge is 0.323 e. The number of hydrogen-bond acceptors (Lipinski definition) is 4. The maximum Gasteiger partial charge on any atom is 0.238 e. The molecule has 102 valence electrons. The van der Waals surface area contributed by atoms with E-state index in [0.717, 1.165) is 0 Å². The van der Waals surface area contributed by atoms with Crippen molar-refractivity contribution in [2.45, 2.75) is 0 Å². The Morgan fingerprint density at radius 1 is 1.50 bits per heavy atom. The van der Waals surface area contributed by atoms with Crippen LogP contribution in [0.1, 0.15) is 0 Å². The lowest BCUT2D eigenvalue weighted by molar-refractivity contribution is -0.115. The summed E-state index contributed by atoms with van der Waals surface area (Å²) in [6.45, 7) is 0.451. The van der Waals surface area contributed by atoms with Gasteiger partial charge in [-0.15, -0.1) is 6.42 Å². The lowest BCUT2D eigenvalue weighted by Gasteiger charge is -2.11. The highest BCUT2D eigenvalue weighted by Crippen LogP contribution is 2.23. The smallest absolute Gasteiger partial charge is 0.238 e. The maximum atomic E-state index is 11.8. The van der Waals surface area contributed by atoms with Gasteiger partial charge in [0.1, 0.15) is 12.7 Å². The van der Waals surface area contributed by atoms with Gasteiger partial charge in [-0.25, -0.2) is 9.67 Å². The van der Waals surface area contributed by atoms with E-state index in [0.29, 0.717) is 22.9 Å². The number of carbonyl (C=O) groups is 1. The van der Waals surface area contributed by atoms with Gasteiger partial charge >= 0.3 is 0 Å². The quantitative estimate of drug-likeness (QED) is 0.638. The van der Waals surface area contributed by atoms with Crippen LogP contribution < -0.4 is 10.6 Å². The van der Waals surface area contributed by atoms with Gasteiger partial charge in [0.15, 0.2) is 0 Å². The Hall–Kier alpha value is -2.36. The minimum atomic E-state index is -0.219. The van der Waals surface area contributed by atoms with Crippen LogP contribution in [0.4, 0.5) is 5.69 Å². The number of carbonyl (C=O) groups excluding carboxylic acids is 1. The van der Waals surface area contributed by atoms with E-state index in [9.17, 15) is 4.79 Å². The Morgan fingerprint density at radius 2 is 2.35 bits per heavy atom. The fourth-order valence-corrected chi connectivity index (χ4v) is 1.76. The molecular weight excluding hydrogens is 278 g/mol. The maximum absolute atomic E-state index is 11.8. The third kappa shape index (κ3) is 3.57. The van der Waals surface area contributed by atoms with Gasteiger partial charge in [-0.2, -0.15) is 5.10 Å². The number of terminal acetylenes is 1. The second-order valence-corrected chi connectivity index (χ2v) is 4.29. The van der Waals surface area contributed by atoms with Crippen molar-refractivity contribution in [3.63, 3.8) is 0 Å². The molecule has 0 bridgehead atoms. The summed E-state index contributed by atoms with van der Waals surface area (Å²) in [7, 11) is 0. The molecule has 1 heterocycles. The minimum absolute atomic E-state index is 0.119. The van der Waals surface area contributed by atoms with Crippen LogP contribution in [0.2, 0.25) is 5.02 Å². The van der Waals surface area contributed by atoms with E-state index in [1.807, 2.05) is 0 Å². The molecule has 0 aliphatic carbocycles. The molecule has 2 aromatic rings. The predicted octanol–water partition coefficient (Wildman–Crippen LogP) is 1.08. The number of benzene rings is 1. The van der Waals surface area contributed by atoms with Gasteiger partial charge in [0.25, 0.3) is 0 Å². The van der Waals surface area contributed by atoms with Crippen LogP contribution in [0.5, 0.6) is 0 Å². The number of anilines is 1. The summed E-state index contributed by atoms with van der Waals surface area (Å²) in [5.74, 6) is 2.18. The van der Waals surface area contributed by atoms with Crippen molar-refractivity contribution in [1.82, 2.24) is 20.1 Å². The third-order valence-corrected chi connectivity index (χ3v) is 2.65. The molecule has 2 N–H and O–H groups in total. The normalized spacial score (nSPS) is 10.0. The Morgan fingerprint density at radius 3 is 3.05 bits per heavy atom. The van der Waals surface area contributed by atoms with Crippen molar-refractivity contribution in [2.75, 3.05) is 18.4 Å². The zero-order chi connectivity index (χ0) is 14.4. The molecule has 7 heteroatoms. The fourth-order valence-electron chi connectivity index (χ4n) is 1.58. The first kappa shape index (κ1) is 14.1. The first-order chi connectivity index (χ1) is 9.70. The van der Waals surface area contributed by atoms with Crippen LogP contribution in [0.3, 0.4) is 0 Å². The van der Waals surface area contributed by atoms with Crippen molar-refractivity contribution < 1.29 is 4.79 Å². The topological polar surface area (TPSA) is 71.8 Å². The molecule has 20 heavy (non-hydrogen) atoms. The van der Waals surface area contributed by atoms with E-state index in [2.05, 4.69) is 26.6 Å². The van der Waals surface area contributed by atoms with Crippen molar-refractivity contribution in [1.29, 1.82) is 0 Å². The molecule has 6 nitrogen and oxygen atoms in total. The summed E-state index contributed by atoms with van der Waals surface area (Å²) in [5, 5.41) is 10.1. The first-order valence-corrected chi connectivity index (χ1v) is 6.17. The molecule has 0 atom stereocenters. The molecule has 0 aliphatic rings. The molecule has 1 amide bonds. The zero-order valence-electron chi connectivity index (χ0n) is 10.5. The molecule has 2 rings (SSSR count). The minimum Gasteiger partial charge on any atom is -0.323 e. The number of nitrogens with one attached hydrogen (secondary N) is 2. The van der Waals surface area contributed by atoms with Crippen molar-refractivity contribution in [3.05, 3.63) is 35.9 Å². The SMILES string of the molecule is C#CCNCC(=O)Nc1cc(Cl)ccc1-n1cncn1. The Labute approximate surface area is 121 Å². The second kappa shape index (κ2) is 6.70. The average Bonchev–Trinajstić information content (AvgIpc) is 2.93. The second-order valence-electron chi connectivity index (χ2n) is 3.86. The van der Waals surface area contributed by atoms with Gasteiger partial charge in [0, 0.05) is 5.02 Å². The zero-order valence-corrected chi connectivity index (χ0v) is 11.3. The van der Waals surface area contributed by atoms with Crippen LogP contribution in [-0.2, 0) is 4.79 Å². The molecule has 0 saturated heterocycles. The van der Waals surface area contributed by atoms with E-state index < -0.39 is 0 Å². The highest BCUT2D eigenvalue weighted by molar-refractivity contribution is 6.31. The Balaban J connectivity index is 2.16. The summed E-state index contributed by atoms with van der Waals surface area (Å²) in [4.78, 5) is 15.7. The standard InChI is InChI=1S/C13H12ClN5O/c1-2-5-15-7-13(20)18-11-6-10(14)3-4-12(11)19-9-16-8-17-19/h1,3-4,6,8-9,15H,5,7H2,(H,18,20). The van der Waals surface area contributed by atoms with E-state index in [1.54, 1.807) is 22.9 Å². The summed E-state index contributed by atoms with van der Waals surface area (Å²) in [5.41, 5.74) is 1.23. The van der Waals surface area contributed by atoms with Crippen LogP contribution >= 0.6 is 11.6 Å². The number of rotatable bonds is 5. The number of aromatic nitrogens is 3. The van der Waals surface area contributed by atoms with E-state index in [1.165, 1.54) is 12.7 Å². The van der Waals surface area contributed by atoms with Gasteiger partial charge < -0.3 is 5.32 Å². The van der Waals surface area contributed by atoms with Crippen LogP contribution in [0.15, 0.2) is 30.9 Å². The van der Waals surface area contributed by atoms with E-state index in [-0.39, 0.29) is 12.5 Å². The first-order valence-electron chi connectivity index (χ1n) is 5.79. The molecule has 0 saturated carbocycles. The van der Waals surface area contributed by atoms with Gasteiger partial charge in [-0.05, 0) is 18.2 Å². The third-order valence-electron chi connectivity index (χ3n) is 2.41. The number of hydrogen-bond donors (Lipinski definition) is 2. The van der Waals surface area contributed by atoms with E-state index >= 15 is 0 Å². The molecule has 0 fully saturated rings. The fraction of sp³-hybridized carbons (Fsp3) is 0.154. The number of halogens is 1. The van der Waals surface area contributed by atoms with Gasteiger partial charge in [-0.3, -0.25) is 10.1 Å². The van der Waals surface area contributed by atoms with Crippen LogP contribution in [0, 0.1) is 12.3 Å². The summed E-state index contributed by atoms with van der Waals surface area (Å²) in [6.07, 6.45) is 8.04. The van der Waals surface area contributed by atoms with Crippen LogP contribution in [-0.4, -0.2) is 33.8 Å². The highest BCUT2D eigenvalue weighted by atomic mass is 35.5. The average molecular weight is 290 g/mol. The summed E-state index contributed by atoms with van der Waals surface area (Å²) >= 11 is 5.95. The molecule has 1 aromatic heterocycles. The lowest BCUT2D eigenvalue weighted by Crippen LogP contribution is -2.28. The molecule has 0 radical (unpaired) electrons. The molecule has 1 aromatic carbocycles. The van der Waals surface area contributed by atoms with Crippen LogP contribution in [0.25, 0.3) is 5.69 Å².